The molecule has 1 aliphatic rings. The number of hydrogen-bond donors (Lipinski definition) is 1. The summed E-state index contributed by atoms with van der Waals surface area (Å²) in [5.74, 6) is 0.977. The van der Waals surface area contributed by atoms with Crippen molar-refractivity contribution in [2.45, 2.75) is 0 Å². The molecule has 1 saturated heterocycles. The molecule has 0 aliphatic carbocycles. The van der Waals surface area contributed by atoms with E-state index < -0.39 is 0 Å². The van der Waals surface area contributed by atoms with Gasteiger partial charge in [0.15, 0.2) is 0 Å². The van der Waals surface area contributed by atoms with Gasteiger partial charge in [-0.3, -0.25) is 0 Å². The number of rotatable bonds is 2. The van der Waals surface area contributed by atoms with Crippen molar-refractivity contribution in [1.29, 1.82) is 5.26 Å². The van der Waals surface area contributed by atoms with Crippen molar-refractivity contribution in [3.63, 3.8) is 0 Å². The lowest BCUT2D eigenvalue weighted by molar-refractivity contribution is 0.122. The molecule has 5 heteroatoms. The third kappa shape index (κ3) is 2.54. The molecule has 3 aromatic rings. The second-order valence-electron chi connectivity index (χ2n) is 5.56. The van der Waals surface area contributed by atoms with Gasteiger partial charge in [0.05, 0.1) is 35.9 Å². The number of pyridine rings is 1. The van der Waals surface area contributed by atoms with Crippen LogP contribution < -0.4 is 4.90 Å². The normalized spacial score (nSPS) is 14.8. The third-order valence-corrected chi connectivity index (χ3v) is 4.15. The highest BCUT2D eigenvalue weighted by atomic mass is 16.5. The standard InChI is InChI=1S/C18H16N4O/c19-12-13-1-3-14(4-2-13)15-11-17-16(5-6-20-17)21-18(15)22-7-9-23-10-8-22/h1-6,11,20H,7-10H2. The maximum absolute atomic E-state index is 8.98. The molecule has 4 rings (SSSR count). The van der Waals surface area contributed by atoms with Crippen molar-refractivity contribution >= 4 is 16.9 Å². The average Bonchev–Trinajstić information content (AvgIpc) is 3.09. The molecule has 5 nitrogen and oxygen atoms in total. The van der Waals surface area contributed by atoms with Crippen molar-refractivity contribution in [2.24, 2.45) is 0 Å². The summed E-state index contributed by atoms with van der Waals surface area (Å²) in [6, 6.07) is 13.9. The number of aromatic amines is 1. The molecule has 114 valence electrons. The minimum Gasteiger partial charge on any atom is -0.378 e. The number of H-pyrrole nitrogens is 1. The van der Waals surface area contributed by atoms with E-state index in [1.807, 2.05) is 36.5 Å². The molecule has 0 saturated carbocycles. The Labute approximate surface area is 134 Å². The van der Waals surface area contributed by atoms with Crippen LogP contribution in [0, 0.1) is 11.3 Å². The van der Waals surface area contributed by atoms with Crippen LogP contribution in [0.4, 0.5) is 5.82 Å². The number of hydrogen-bond acceptors (Lipinski definition) is 4. The van der Waals surface area contributed by atoms with Crippen molar-refractivity contribution in [3.05, 3.63) is 48.2 Å². The summed E-state index contributed by atoms with van der Waals surface area (Å²) in [5.41, 5.74) is 4.78. The van der Waals surface area contributed by atoms with Gasteiger partial charge in [-0.25, -0.2) is 4.98 Å². The molecule has 0 radical (unpaired) electrons. The maximum Gasteiger partial charge on any atom is 0.137 e. The van der Waals surface area contributed by atoms with Gasteiger partial charge >= 0.3 is 0 Å². The Morgan fingerprint density at radius 1 is 1.13 bits per heavy atom. The van der Waals surface area contributed by atoms with Gasteiger partial charge in [-0.2, -0.15) is 5.26 Å². The number of morpholine rings is 1. The molecular weight excluding hydrogens is 288 g/mol. The van der Waals surface area contributed by atoms with Gasteiger partial charge in [0, 0.05) is 24.8 Å². The number of ether oxygens (including phenoxy) is 1. The molecular formula is C18H16N4O. The van der Waals surface area contributed by atoms with Crippen LogP contribution in [0.1, 0.15) is 5.56 Å². The fourth-order valence-electron chi connectivity index (χ4n) is 2.92. The van der Waals surface area contributed by atoms with Gasteiger partial charge in [0.1, 0.15) is 5.82 Å². The minimum absolute atomic E-state index is 0.663. The largest absolute Gasteiger partial charge is 0.378 e. The Morgan fingerprint density at radius 2 is 1.91 bits per heavy atom. The fourth-order valence-corrected chi connectivity index (χ4v) is 2.92. The predicted octanol–water partition coefficient (Wildman–Crippen LogP) is 2.94. The second kappa shape index (κ2) is 5.75. The van der Waals surface area contributed by atoms with Crippen LogP contribution >= 0.6 is 0 Å². The number of fused-ring (bicyclic) bond motifs is 1. The van der Waals surface area contributed by atoms with Gasteiger partial charge in [-0.05, 0) is 29.8 Å². The van der Waals surface area contributed by atoms with Gasteiger partial charge < -0.3 is 14.6 Å². The third-order valence-electron chi connectivity index (χ3n) is 4.15. The number of nitriles is 1. The summed E-state index contributed by atoms with van der Waals surface area (Å²) in [6.45, 7) is 3.12. The Bertz CT molecular complexity index is 870. The van der Waals surface area contributed by atoms with E-state index in [0.29, 0.717) is 5.56 Å². The zero-order valence-corrected chi connectivity index (χ0v) is 12.6. The zero-order valence-electron chi connectivity index (χ0n) is 12.6. The van der Waals surface area contributed by atoms with E-state index in [1.165, 1.54) is 0 Å². The summed E-state index contributed by atoms with van der Waals surface area (Å²) < 4.78 is 5.46. The van der Waals surface area contributed by atoms with E-state index in [-0.39, 0.29) is 0 Å². The predicted molar refractivity (Wildman–Crippen MR) is 89.3 cm³/mol. The highest BCUT2D eigenvalue weighted by molar-refractivity contribution is 5.88. The molecule has 1 N–H and O–H groups in total. The van der Waals surface area contributed by atoms with Crippen LogP contribution in [-0.4, -0.2) is 36.3 Å². The van der Waals surface area contributed by atoms with Crippen LogP contribution in [0.2, 0.25) is 0 Å². The number of aromatic nitrogens is 2. The van der Waals surface area contributed by atoms with Gasteiger partial charge in [-0.1, -0.05) is 12.1 Å². The number of nitrogens with one attached hydrogen (secondary N) is 1. The first-order valence-corrected chi connectivity index (χ1v) is 7.66. The van der Waals surface area contributed by atoms with Crippen molar-refractivity contribution in [3.8, 4) is 17.2 Å². The summed E-state index contributed by atoms with van der Waals surface area (Å²) in [7, 11) is 0. The monoisotopic (exact) mass is 304 g/mol. The quantitative estimate of drug-likeness (QED) is 0.790. The van der Waals surface area contributed by atoms with E-state index in [4.69, 9.17) is 15.0 Å². The molecule has 0 unspecified atom stereocenters. The van der Waals surface area contributed by atoms with Crippen molar-refractivity contribution < 1.29 is 4.74 Å². The first-order valence-electron chi connectivity index (χ1n) is 7.66. The van der Waals surface area contributed by atoms with Crippen LogP contribution in [-0.2, 0) is 4.74 Å². The molecule has 0 spiro atoms. The summed E-state index contributed by atoms with van der Waals surface area (Å²) in [4.78, 5) is 10.3. The Morgan fingerprint density at radius 3 is 2.65 bits per heavy atom. The Balaban J connectivity index is 1.86. The summed E-state index contributed by atoms with van der Waals surface area (Å²) in [6.07, 6.45) is 1.91. The van der Waals surface area contributed by atoms with E-state index in [2.05, 4.69) is 22.0 Å². The van der Waals surface area contributed by atoms with Gasteiger partial charge in [0.2, 0.25) is 0 Å². The SMILES string of the molecule is N#Cc1ccc(-c2cc3[nH]ccc3nc2N2CCOCC2)cc1. The van der Waals surface area contributed by atoms with E-state index in [9.17, 15) is 0 Å². The van der Waals surface area contributed by atoms with E-state index in [1.54, 1.807) is 0 Å². The molecule has 1 aromatic carbocycles. The molecule has 1 fully saturated rings. The summed E-state index contributed by atoms with van der Waals surface area (Å²) in [5, 5.41) is 8.98. The van der Waals surface area contributed by atoms with Crippen molar-refractivity contribution in [1.82, 2.24) is 9.97 Å². The highest BCUT2D eigenvalue weighted by Crippen LogP contribution is 2.32. The Hall–Kier alpha value is -2.84. The molecule has 3 heterocycles. The molecule has 0 bridgehead atoms. The summed E-state index contributed by atoms with van der Waals surface area (Å²) >= 11 is 0. The molecule has 0 atom stereocenters. The lowest BCUT2D eigenvalue weighted by Crippen LogP contribution is -2.37. The molecule has 23 heavy (non-hydrogen) atoms. The van der Waals surface area contributed by atoms with Crippen LogP contribution in [0.3, 0.4) is 0 Å². The van der Waals surface area contributed by atoms with Crippen molar-refractivity contribution in [2.75, 3.05) is 31.2 Å². The minimum atomic E-state index is 0.663. The molecule has 1 aliphatic heterocycles. The average molecular weight is 304 g/mol. The van der Waals surface area contributed by atoms with E-state index in [0.717, 1.165) is 54.3 Å². The Kier molecular flexibility index (Phi) is 3.45. The zero-order chi connectivity index (χ0) is 15.6. The number of nitrogens with zero attached hydrogens (tertiary/aromatic N) is 3. The maximum atomic E-state index is 8.98. The molecule has 2 aromatic heterocycles. The van der Waals surface area contributed by atoms with E-state index >= 15 is 0 Å². The smallest absolute Gasteiger partial charge is 0.137 e. The first-order chi connectivity index (χ1) is 11.3. The lowest BCUT2D eigenvalue weighted by Gasteiger charge is -2.29. The highest BCUT2D eigenvalue weighted by Gasteiger charge is 2.18. The second-order valence-corrected chi connectivity index (χ2v) is 5.56. The van der Waals surface area contributed by atoms with Crippen LogP contribution in [0.5, 0.6) is 0 Å². The topological polar surface area (TPSA) is 64.9 Å². The lowest BCUT2D eigenvalue weighted by atomic mass is 10.0. The fraction of sp³-hybridized carbons (Fsp3) is 0.222. The van der Waals surface area contributed by atoms with Crippen LogP contribution in [0.25, 0.3) is 22.2 Å². The van der Waals surface area contributed by atoms with Gasteiger partial charge in [-0.15, -0.1) is 0 Å². The van der Waals surface area contributed by atoms with Crippen LogP contribution in [0.15, 0.2) is 42.6 Å². The van der Waals surface area contributed by atoms with Gasteiger partial charge in [0.25, 0.3) is 0 Å². The molecule has 0 amide bonds. The number of benzene rings is 1. The number of anilines is 1. The first kappa shape index (κ1) is 13.8.